The van der Waals surface area contributed by atoms with E-state index >= 15 is 0 Å². The lowest BCUT2D eigenvalue weighted by atomic mass is 10.2. The lowest BCUT2D eigenvalue weighted by molar-refractivity contribution is 0.292. The van der Waals surface area contributed by atoms with Crippen LogP contribution in [0, 0.1) is 0 Å². The van der Waals surface area contributed by atoms with Gasteiger partial charge in [0.05, 0.1) is 6.61 Å². The second-order valence-corrected chi connectivity index (χ2v) is 5.47. The van der Waals surface area contributed by atoms with Crippen LogP contribution in [0.25, 0.3) is 0 Å². The zero-order chi connectivity index (χ0) is 13.5. The molecule has 8 heteroatoms. The molecule has 1 aromatic heterocycles. The molecule has 19 heavy (non-hydrogen) atoms. The van der Waals surface area contributed by atoms with Crippen LogP contribution in [0.2, 0.25) is 0 Å². The zero-order valence-electron chi connectivity index (χ0n) is 11.1. The molecule has 0 aromatic carbocycles. The van der Waals surface area contributed by atoms with Crippen LogP contribution in [0.4, 0.5) is 11.9 Å². The van der Waals surface area contributed by atoms with E-state index in [1.807, 2.05) is 18.7 Å². The quantitative estimate of drug-likeness (QED) is 0.530. The summed E-state index contributed by atoms with van der Waals surface area (Å²) in [5.41, 5.74) is 2.43. The molecule has 4 N–H and O–H groups in total. The topological polar surface area (TPSA) is 98.0 Å². The van der Waals surface area contributed by atoms with E-state index in [-0.39, 0.29) is 0 Å². The van der Waals surface area contributed by atoms with Crippen molar-refractivity contribution in [3.8, 4) is 6.01 Å². The van der Waals surface area contributed by atoms with E-state index in [0.717, 1.165) is 18.6 Å². The van der Waals surface area contributed by atoms with Gasteiger partial charge in [-0.1, -0.05) is 6.92 Å². The largest absolute Gasteiger partial charge is 0.463 e. The van der Waals surface area contributed by atoms with Gasteiger partial charge in [0, 0.05) is 11.8 Å². The van der Waals surface area contributed by atoms with E-state index in [4.69, 9.17) is 10.6 Å². The van der Waals surface area contributed by atoms with Gasteiger partial charge in [0.2, 0.25) is 11.9 Å². The fraction of sp³-hybridized carbons (Fsp3) is 0.727. The Balaban J connectivity index is 2.04. The van der Waals surface area contributed by atoms with E-state index in [9.17, 15) is 0 Å². The van der Waals surface area contributed by atoms with Crippen LogP contribution in [-0.2, 0) is 0 Å². The summed E-state index contributed by atoms with van der Waals surface area (Å²) in [5.74, 6) is 8.49. The van der Waals surface area contributed by atoms with Crippen LogP contribution < -0.4 is 21.3 Å². The van der Waals surface area contributed by atoms with Gasteiger partial charge in [0.1, 0.15) is 0 Å². The first-order valence-electron chi connectivity index (χ1n) is 6.51. The van der Waals surface area contributed by atoms with E-state index in [1.54, 1.807) is 0 Å². The summed E-state index contributed by atoms with van der Waals surface area (Å²) in [6.07, 6.45) is 3.25. The highest BCUT2D eigenvalue weighted by molar-refractivity contribution is 7.99. The molecule has 106 valence electrons. The average molecular weight is 284 g/mol. The third-order valence-corrected chi connectivity index (χ3v) is 3.89. The lowest BCUT2D eigenvalue weighted by Crippen LogP contribution is -2.27. The number of thioether (sulfide) groups is 1. The molecule has 0 amide bonds. The monoisotopic (exact) mass is 284 g/mol. The molecule has 2 heterocycles. The predicted octanol–water partition coefficient (Wildman–Crippen LogP) is 1.25. The van der Waals surface area contributed by atoms with Crippen molar-refractivity contribution < 1.29 is 4.74 Å². The van der Waals surface area contributed by atoms with Crippen LogP contribution in [0.1, 0.15) is 26.2 Å². The standard InChI is InChI=1S/C11H20N6OS/c1-2-5-18-11-15-9(14-10(16-11)17-12)13-8-4-3-6-19-7-8/h8H,2-7,12H2,1H3,(H2,13,14,15,16,17). The normalized spacial score (nSPS) is 18.9. The summed E-state index contributed by atoms with van der Waals surface area (Å²) < 4.78 is 5.42. The van der Waals surface area contributed by atoms with Gasteiger partial charge in [-0.05, 0) is 25.0 Å². The Labute approximate surface area is 117 Å². The molecule has 1 saturated heterocycles. The maximum atomic E-state index is 5.42. The number of rotatable bonds is 6. The molecule has 0 radical (unpaired) electrons. The minimum Gasteiger partial charge on any atom is -0.463 e. The Morgan fingerprint density at radius 3 is 2.89 bits per heavy atom. The maximum absolute atomic E-state index is 5.42. The van der Waals surface area contributed by atoms with Gasteiger partial charge >= 0.3 is 6.01 Å². The second-order valence-electron chi connectivity index (χ2n) is 4.32. The molecule has 1 fully saturated rings. The number of ether oxygens (including phenoxy) is 1. The molecule has 0 spiro atoms. The van der Waals surface area contributed by atoms with Gasteiger partial charge in [-0.25, -0.2) is 5.84 Å². The number of aromatic nitrogens is 3. The van der Waals surface area contributed by atoms with Crippen LogP contribution in [0.15, 0.2) is 0 Å². The number of hydrogen-bond donors (Lipinski definition) is 3. The molecule has 0 bridgehead atoms. The number of hydrogen-bond acceptors (Lipinski definition) is 8. The summed E-state index contributed by atoms with van der Waals surface area (Å²) in [5, 5.41) is 3.31. The predicted molar refractivity (Wildman–Crippen MR) is 77.4 cm³/mol. The van der Waals surface area contributed by atoms with E-state index in [0.29, 0.717) is 30.6 Å². The average Bonchev–Trinajstić information content (AvgIpc) is 2.46. The van der Waals surface area contributed by atoms with Gasteiger partial charge in [-0.3, -0.25) is 5.43 Å². The molecular weight excluding hydrogens is 264 g/mol. The molecule has 1 aromatic rings. The van der Waals surface area contributed by atoms with Crippen molar-refractivity contribution in [2.24, 2.45) is 5.84 Å². The summed E-state index contributed by atoms with van der Waals surface area (Å²) in [6, 6.07) is 0.696. The first-order valence-corrected chi connectivity index (χ1v) is 7.67. The van der Waals surface area contributed by atoms with Crippen LogP contribution >= 0.6 is 11.8 Å². The second kappa shape index (κ2) is 7.34. The number of anilines is 2. The number of nitrogen functional groups attached to an aromatic ring is 1. The third kappa shape index (κ3) is 4.39. The highest BCUT2D eigenvalue weighted by Crippen LogP contribution is 2.20. The number of nitrogens with one attached hydrogen (secondary N) is 2. The van der Waals surface area contributed by atoms with Gasteiger partial charge in [0.15, 0.2) is 0 Å². The number of nitrogens with zero attached hydrogens (tertiary/aromatic N) is 3. The van der Waals surface area contributed by atoms with E-state index < -0.39 is 0 Å². The highest BCUT2D eigenvalue weighted by Gasteiger charge is 2.16. The highest BCUT2D eigenvalue weighted by atomic mass is 32.2. The maximum Gasteiger partial charge on any atom is 0.323 e. The van der Waals surface area contributed by atoms with E-state index in [2.05, 4.69) is 25.7 Å². The molecular formula is C11H20N6OS. The number of nitrogens with two attached hydrogens (primary N) is 1. The first kappa shape index (κ1) is 14.1. The van der Waals surface area contributed by atoms with Crippen molar-refractivity contribution in [2.45, 2.75) is 32.2 Å². The first-order chi connectivity index (χ1) is 9.31. The molecule has 1 atom stereocenters. The fourth-order valence-corrected chi connectivity index (χ4v) is 2.85. The zero-order valence-corrected chi connectivity index (χ0v) is 11.9. The Morgan fingerprint density at radius 2 is 2.21 bits per heavy atom. The van der Waals surface area contributed by atoms with Crippen LogP contribution in [0.5, 0.6) is 6.01 Å². The van der Waals surface area contributed by atoms with Crippen molar-refractivity contribution in [2.75, 3.05) is 28.9 Å². The lowest BCUT2D eigenvalue weighted by Gasteiger charge is -2.22. The van der Waals surface area contributed by atoms with Crippen LogP contribution in [-0.4, -0.2) is 39.1 Å². The van der Waals surface area contributed by atoms with Crippen LogP contribution in [0.3, 0.4) is 0 Å². The molecule has 1 unspecified atom stereocenters. The SMILES string of the molecule is CCCOc1nc(NN)nc(NC2CCCSC2)n1. The number of hydrazine groups is 1. The van der Waals surface area contributed by atoms with Gasteiger partial charge in [-0.15, -0.1) is 0 Å². The fourth-order valence-electron chi connectivity index (χ4n) is 1.78. The van der Waals surface area contributed by atoms with Crippen molar-refractivity contribution in [3.05, 3.63) is 0 Å². The summed E-state index contributed by atoms with van der Waals surface area (Å²) in [7, 11) is 0. The Bertz CT molecular complexity index is 399. The molecule has 7 nitrogen and oxygen atoms in total. The van der Waals surface area contributed by atoms with Gasteiger partial charge in [0.25, 0.3) is 0 Å². The Hall–Kier alpha value is -1.28. The molecule has 1 aliphatic heterocycles. The third-order valence-electron chi connectivity index (χ3n) is 2.67. The van der Waals surface area contributed by atoms with Gasteiger partial charge in [-0.2, -0.15) is 26.7 Å². The van der Waals surface area contributed by atoms with Crippen molar-refractivity contribution in [3.63, 3.8) is 0 Å². The molecule has 1 aliphatic rings. The minimum absolute atomic E-state index is 0.302. The molecule has 0 aliphatic carbocycles. The van der Waals surface area contributed by atoms with Crippen molar-refractivity contribution >= 4 is 23.7 Å². The Kier molecular flexibility index (Phi) is 5.46. The molecule has 0 saturated carbocycles. The van der Waals surface area contributed by atoms with Crippen molar-refractivity contribution in [1.29, 1.82) is 0 Å². The summed E-state index contributed by atoms with van der Waals surface area (Å²) >= 11 is 1.95. The van der Waals surface area contributed by atoms with Crippen molar-refractivity contribution in [1.82, 2.24) is 15.0 Å². The smallest absolute Gasteiger partial charge is 0.323 e. The molecule has 2 rings (SSSR count). The van der Waals surface area contributed by atoms with Gasteiger partial charge < -0.3 is 10.1 Å². The minimum atomic E-state index is 0.302. The summed E-state index contributed by atoms with van der Waals surface area (Å²) in [6.45, 7) is 2.61. The Morgan fingerprint density at radius 1 is 1.37 bits per heavy atom. The van der Waals surface area contributed by atoms with E-state index in [1.165, 1.54) is 12.2 Å². The summed E-state index contributed by atoms with van der Waals surface area (Å²) in [4.78, 5) is 12.5.